The molecule has 0 fully saturated rings. The Morgan fingerprint density at radius 1 is 1.25 bits per heavy atom. The van der Waals surface area contributed by atoms with E-state index in [0.717, 1.165) is 6.42 Å². The predicted octanol–water partition coefficient (Wildman–Crippen LogP) is 2.94. The lowest BCUT2D eigenvalue weighted by Crippen LogP contribution is -2.05. The van der Waals surface area contributed by atoms with Crippen molar-refractivity contribution in [1.82, 2.24) is 15.0 Å². The fourth-order valence-electron chi connectivity index (χ4n) is 1.30. The van der Waals surface area contributed by atoms with E-state index < -0.39 is 0 Å². The van der Waals surface area contributed by atoms with Crippen LogP contribution >= 0.6 is 15.9 Å². The van der Waals surface area contributed by atoms with Gasteiger partial charge in [-0.2, -0.15) is 9.97 Å². The average molecular weight is 343 g/mol. The van der Waals surface area contributed by atoms with E-state index in [1.807, 2.05) is 6.92 Å². The van der Waals surface area contributed by atoms with Gasteiger partial charge in [-0.25, -0.2) is 4.39 Å². The van der Waals surface area contributed by atoms with Gasteiger partial charge in [-0.3, -0.25) is 0 Å². The molecule has 0 unspecified atom stereocenters. The quantitative estimate of drug-likeness (QED) is 0.899. The molecule has 0 aliphatic heterocycles. The Kier molecular flexibility index (Phi) is 4.67. The smallest absolute Gasteiger partial charge is 0.330 e. The molecule has 2 aromatic rings. The van der Waals surface area contributed by atoms with E-state index in [9.17, 15) is 4.39 Å². The number of ether oxygens (including phenoxy) is 2. The number of nitrogen functional groups attached to an aromatic ring is 1. The molecule has 1 heterocycles. The number of hydrogen-bond acceptors (Lipinski definition) is 6. The molecule has 6 nitrogen and oxygen atoms in total. The average Bonchev–Trinajstić information content (AvgIpc) is 2.40. The number of hydrogen-bond donors (Lipinski definition) is 1. The van der Waals surface area contributed by atoms with Gasteiger partial charge in [0.05, 0.1) is 11.1 Å². The number of rotatable bonds is 5. The van der Waals surface area contributed by atoms with Crippen LogP contribution in [-0.2, 0) is 0 Å². The third-order valence-electron chi connectivity index (χ3n) is 2.15. The largest absolute Gasteiger partial charge is 0.463 e. The molecule has 1 aromatic carbocycles. The maximum atomic E-state index is 13.1. The van der Waals surface area contributed by atoms with Crippen LogP contribution in [0.5, 0.6) is 17.8 Å². The molecule has 0 aliphatic carbocycles. The second-order valence-electron chi connectivity index (χ2n) is 3.79. The third kappa shape index (κ3) is 3.77. The maximum absolute atomic E-state index is 13.1. The van der Waals surface area contributed by atoms with Crippen molar-refractivity contribution in [3.63, 3.8) is 0 Å². The number of anilines is 1. The first-order valence-electron chi connectivity index (χ1n) is 5.85. The SMILES string of the molecule is CCCOc1nc(N)nc(Oc2ccc(F)c(Br)c2)n1. The zero-order valence-corrected chi connectivity index (χ0v) is 12.2. The van der Waals surface area contributed by atoms with E-state index in [4.69, 9.17) is 15.2 Å². The first-order chi connectivity index (χ1) is 9.58. The Labute approximate surface area is 123 Å². The van der Waals surface area contributed by atoms with Gasteiger partial charge in [0, 0.05) is 0 Å². The summed E-state index contributed by atoms with van der Waals surface area (Å²) in [6, 6.07) is 4.25. The van der Waals surface area contributed by atoms with Gasteiger partial charge in [0.2, 0.25) is 5.95 Å². The zero-order valence-electron chi connectivity index (χ0n) is 10.6. The molecule has 0 spiro atoms. The molecule has 1 aromatic heterocycles. The summed E-state index contributed by atoms with van der Waals surface area (Å²) in [6.45, 7) is 2.42. The molecular formula is C12H12BrFN4O2. The molecule has 0 radical (unpaired) electrons. The summed E-state index contributed by atoms with van der Waals surface area (Å²) >= 11 is 3.06. The molecule has 0 saturated carbocycles. The van der Waals surface area contributed by atoms with Gasteiger partial charge in [0.25, 0.3) is 0 Å². The summed E-state index contributed by atoms with van der Waals surface area (Å²) in [7, 11) is 0. The highest BCUT2D eigenvalue weighted by atomic mass is 79.9. The topological polar surface area (TPSA) is 83.2 Å². The molecule has 106 valence electrons. The van der Waals surface area contributed by atoms with Crippen LogP contribution in [0.4, 0.5) is 10.3 Å². The fourth-order valence-corrected chi connectivity index (χ4v) is 1.66. The zero-order chi connectivity index (χ0) is 14.5. The van der Waals surface area contributed by atoms with Gasteiger partial charge >= 0.3 is 12.0 Å². The van der Waals surface area contributed by atoms with E-state index in [2.05, 4.69) is 30.9 Å². The first kappa shape index (κ1) is 14.4. The molecular weight excluding hydrogens is 331 g/mol. The van der Waals surface area contributed by atoms with Crippen molar-refractivity contribution in [3.05, 3.63) is 28.5 Å². The molecule has 0 atom stereocenters. The van der Waals surface area contributed by atoms with Crippen molar-refractivity contribution in [2.75, 3.05) is 12.3 Å². The summed E-state index contributed by atoms with van der Waals surface area (Å²) in [5.41, 5.74) is 5.55. The van der Waals surface area contributed by atoms with Crippen molar-refractivity contribution >= 4 is 21.9 Å². The van der Waals surface area contributed by atoms with Gasteiger partial charge in [0.1, 0.15) is 11.6 Å². The van der Waals surface area contributed by atoms with E-state index in [1.54, 1.807) is 0 Å². The maximum Gasteiger partial charge on any atom is 0.330 e. The van der Waals surface area contributed by atoms with Gasteiger partial charge < -0.3 is 15.2 Å². The van der Waals surface area contributed by atoms with Gasteiger partial charge in [0.15, 0.2) is 0 Å². The molecule has 0 aliphatic rings. The standard InChI is InChI=1S/C12H12BrFN4O2/c1-2-5-19-11-16-10(15)17-12(18-11)20-7-3-4-9(14)8(13)6-7/h3-4,6H,2,5H2,1H3,(H2,15,16,17,18). The van der Waals surface area contributed by atoms with Gasteiger partial charge in [-0.15, -0.1) is 4.98 Å². The molecule has 2 rings (SSSR count). The van der Waals surface area contributed by atoms with Crippen molar-refractivity contribution < 1.29 is 13.9 Å². The Hall–Kier alpha value is -1.96. The van der Waals surface area contributed by atoms with E-state index in [1.165, 1.54) is 18.2 Å². The molecule has 0 saturated heterocycles. The normalized spacial score (nSPS) is 10.3. The van der Waals surface area contributed by atoms with Crippen LogP contribution in [0.3, 0.4) is 0 Å². The number of benzene rings is 1. The Bertz CT molecular complexity index is 612. The summed E-state index contributed by atoms with van der Waals surface area (Å²) in [6.07, 6.45) is 0.812. The summed E-state index contributed by atoms with van der Waals surface area (Å²) < 4.78 is 24.1. The van der Waals surface area contributed by atoms with Gasteiger partial charge in [-0.1, -0.05) is 6.92 Å². The van der Waals surface area contributed by atoms with Crippen LogP contribution in [0.1, 0.15) is 13.3 Å². The van der Waals surface area contributed by atoms with E-state index in [0.29, 0.717) is 12.4 Å². The second kappa shape index (κ2) is 6.47. The van der Waals surface area contributed by atoms with Gasteiger partial charge in [-0.05, 0) is 40.5 Å². The summed E-state index contributed by atoms with van der Waals surface area (Å²) in [5.74, 6) is -0.0351. The predicted molar refractivity (Wildman–Crippen MR) is 74.2 cm³/mol. The lowest BCUT2D eigenvalue weighted by atomic mass is 10.3. The van der Waals surface area contributed by atoms with Crippen LogP contribution < -0.4 is 15.2 Å². The molecule has 20 heavy (non-hydrogen) atoms. The van der Waals surface area contributed by atoms with Crippen LogP contribution in [0, 0.1) is 5.82 Å². The Morgan fingerprint density at radius 3 is 2.70 bits per heavy atom. The summed E-state index contributed by atoms with van der Waals surface area (Å²) in [5, 5.41) is 0. The minimum absolute atomic E-state index is 0.0118. The van der Waals surface area contributed by atoms with Crippen LogP contribution in [0.15, 0.2) is 22.7 Å². The van der Waals surface area contributed by atoms with Crippen molar-refractivity contribution in [1.29, 1.82) is 0 Å². The second-order valence-corrected chi connectivity index (χ2v) is 4.64. The van der Waals surface area contributed by atoms with E-state index >= 15 is 0 Å². The Morgan fingerprint density at radius 2 is 2.00 bits per heavy atom. The van der Waals surface area contributed by atoms with Crippen LogP contribution in [0.2, 0.25) is 0 Å². The molecule has 0 bridgehead atoms. The highest BCUT2D eigenvalue weighted by Crippen LogP contribution is 2.25. The van der Waals surface area contributed by atoms with Crippen molar-refractivity contribution in [3.8, 4) is 17.8 Å². The van der Waals surface area contributed by atoms with Crippen molar-refractivity contribution in [2.45, 2.75) is 13.3 Å². The van der Waals surface area contributed by atoms with E-state index in [-0.39, 0.29) is 28.3 Å². The lowest BCUT2D eigenvalue weighted by molar-refractivity contribution is 0.285. The molecule has 8 heteroatoms. The highest BCUT2D eigenvalue weighted by molar-refractivity contribution is 9.10. The number of aromatic nitrogens is 3. The fraction of sp³-hybridized carbons (Fsp3) is 0.250. The highest BCUT2D eigenvalue weighted by Gasteiger charge is 2.09. The minimum Gasteiger partial charge on any atom is -0.463 e. The number of nitrogens with zero attached hydrogens (tertiary/aromatic N) is 3. The minimum atomic E-state index is -0.389. The molecule has 2 N–H and O–H groups in total. The van der Waals surface area contributed by atoms with Crippen LogP contribution in [0.25, 0.3) is 0 Å². The third-order valence-corrected chi connectivity index (χ3v) is 2.75. The first-order valence-corrected chi connectivity index (χ1v) is 6.65. The monoisotopic (exact) mass is 342 g/mol. The van der Waals surface area contributed by atoms with Crippen molar-refractivity contribution in [2.24, 2.45) is 0 Å². The lowest BCUT2D eigenvalue weighted by Gasteiger charge is -2.07. The number of nitrogens with two attached hydrogens (primary N) is 1. The number of halogens is 2. The van der Waals surface area contributed by atoms with Crippen LogP contribution in [-0.4, -0.2) is 21.6 Å². The summed E-state index contributed by atoms with van der Waals surface area (Å²) in [4.78, 5) is 11.6. The molecule has 0 amide bonds. The Balaban J connectivity index is 2.19.